The van der Waals surface area contributed by atoms with Gasteiger partial charge in [0.15, 0.2) is 0 Å². The van der Waals surface area contributed by atoms with Gasteiger partial charge in [-0.25, -0.2) is 4.21 Å². The maximum Gasteiger partial charge on any atom is 0.144 e. The lowest BCUT2D eigenvalue weighted by atomic mass is 10.0. The summed E-state index contributed by atoms with van der Waals surface area (Å²) >= 11 is 0. The van der Waals surface area contributed by atoms with E-state index in [4.69, 9.17) is 0 Å². The van der Waals surface area contributed by atoms with Crippen molar-refractivity contribution in [3.63, 3.8) is 0 Å². The third kappa shape index (κ3) is 3.25. The minimum Gasteiger partial charge on any atom is -0.234 e. The highest BCUT2D eigenvalue weighted by atomic mass is 32.2. The smallest absolute Gasteiger partial charge is 0.144 e. The number of benzene rings is 1. The molecule has 92 valence electrons. The molecule has 0 spiro atoms. The highest BCUT2D eigenvalue weighted by Crippen LogP contribution is 2.41. The molecule has 0 saturated heterocycles. The Labute approximate surface area is 106 Å². The standard InChI is InChI=1S/C14H19NOS/c1-14(2,3)17(16)15-10-12-6-4-5-7-13(12)11-8-9-11/h4-7,10-11H,8-9H2,1-3H3. The van der Waals surface area contributed by atoms with E-state index >= 15 is 0 Å². The third-order valence-corrected chi connectivity index (χ3v) is 4.17. The monoisotopic (exact) mass is 249 g/mol. The van der Waals surface area contributed by atoms with Crippen LogP contribution in [0.4, 0.5) is 0 Å². The number of hydrogen-bond acceptors (Lipinski definition) is 1. The number of hydrogen-bond donors (Lipinski definition) is 0. The molecule has 0 N–H and O–H groups in total. The summed E-state index contributed by atoms with van der Waals surface area (Å²) in [7, 11) is -1.17. The van der Waals surface area contributed by atoms with Crippen LogP contribution in [0.2, 0.25) is 0 Å². The second kappa shape index (κ2) is 4.73. The van der Waals surface area contributed by atoms with Crippen LogP contribution in [0.25, 0.3) is 0 Å². The fourth-order valence-corrected chi connectivity index (χ4v) is 2.18. The van der Waals surface area contributed by atoms with Gasteiger partial charge in [0.2, 0.25) is 0 Å². The Hall–Kier alpha value is -0.960. The minimum absolute atomic E-state index is 0.287. The van der Waals surface area contributed by atoms with E-state index in [0.29, 0.717) is 5.92 Å². The van der Waals surface area contributed by atoms with Crippen molar-refractivity contribution in [2.75, 3.05) is 0 Å². The molecule has 0 aliphatic heterocycles. The van der Waals surface area contributed by atoms with E-state index < -0.39 is 11.0 Å². The fourth-order valence-electron chi connectivity index (χ4n) is 1.66. The van der Waals surface area contributed by atoms with Gasteiger partial charge in [0.1, 0.15) is 11.0 Å². The average Bonchev–Trinajstić information content (AvgIpc) is 3.08. The molecule has 0 heterocycles. The van der Waals surface area contributed by atoms with Crippen molar-refractivity contribution in [3.05, 3.63) is 35.4 Å². The quantitative estimate of drug-likeness (QED) is 0.754. The van der Waals surface area contributed by atoms with Gasteiger partial charge in [-0.05, 0) is 50.7 Å². The van der Waals surface area contributed by atoms with E-state index in [1.807, 2.05) is 26.8 Å². The normalized spacial score (nSPS) is 18.5. The van der Waals surface area contributed by atoms with E-state index in [9.17, 15) is 4.21 Å². The van der Waals surface area contributed by atoms with Crippen LogP contribution in [-0.4, -0.2) is 15.2 Å². The Kier molecular flexibility index (Phi) is 3.48. The zero-order valence-corrected chi connectivity index (χ0v) is 11.5. The Morgan fingerprint density at radius 1 is 1.29 bits per heavy atom. The van der Waals surface area contributed by atoms with E-state index in [0.717, 1.165) is 5.56 Å². The molecule has 0 radical (unpaired) electrons. The number of rotatable bonds is 3. The largest absolute Gasteiger partial charge is 0.234 e. The Balaban J connectivity index is 2.18. The highest BCUT2D eigenvalue weighted by Gasteiger charge is 2.25. The molecule has 1 unspecified atom stereocenters. The molecule has 1 atom stereocenters. The molecule has 17 heavy (non-hydrogen) atoms. The van der Waals surface area contributed by atoms with Gasteiger partial charge in [-0.1, -0.05) is 24.3 Å². The van der Waals surface area contributed by atoms with Gasteiger partial charge in [0.25, 0.3) is 0 Å². The van der Waals surface area contributed by atoms with Crippen molar-refractivity contribution in [2.45, 2.75) is 44.3 Å². The zero-order chi connectivity index (χ0) is 12.5. The fraction of sp³-hybridized carbons (Fsp3) is 0.500. The Bertz CT molecular complexity index is 456. The molecule has 3 heteroatoms. The molecule has 1 aliphatic rings. The topological polar surface area (TPSA) is 29.4 Å². The third-order valence-electron chi connectivity index (χ3n) is 2.82. The van der Waals surface area contributed by atoms with Crippen molar-refractivity contribution in [3.8, 4) is 0 Å². The molecule has 1 fully saturated rings. The van der Waals surface area contributed by atoms with Gasteiger partial charge in [0.05, 0.1) is 4.75 Å². The summed E-state index contributed by atoms with van der Waals surface area (Å²) in [5.74, 6) is 0.695. The Morgan fingerprint density at radius 2 is 1.94 bits per heavy atom. The maximum atomic E-state index is 11.8. The molecule has 0 aromatic heterocycles. The van der Waals surface area contributed by atoms with Gasteiger partial charge in [-0.15, -0.1) is 0 Å². The SMILES string of the molecule is CC(C)(C)S(=O)N=Cc1ccccc1C1CC1. The van der Waals surface area contributed by atoms with Gasteiger partial charge < -0.3 is 0 Å². The first-order valence-corrected chi connectivity index (χ1v) is 7.14. The first-order chi connectivity index (χ1) is 7.98. The van der Waals surface area contributed by atoms with Gasteiger partial charge >= 0.3 is 0 Å². The molecule has 1 aromatic carbocycles. The lowest BCUT2D eigenvalue weighted by Crippen LogP contribution is -2.19. The second-order valence-electron chi connectivity index (χ2n) is 5.50. The first-order valence-electron chi connectivity index (χ1n) is 6.03. The van der Waals surface area contributed by atoms with Crippen molar-refractivity contribution >= 4 is 17.2 Å². The molecule has 2 rings (SSSR count). The van der Waals surface area contributed by atoms with Gasteiger partial charge in [-0.2, -0.15) is 4.40 Å². The molecular formula is C14H19NOS. The van der Waals surface area contributed by atoms with E-state index in [1.54, 1.807) is 6.21 Å². The van der Waals surface area contributed by atoms with Crippen molar-refractivity contribution in [2.24, 2.45) is 4.40 Å². The second-order valence-corrected chi connectivity index (χ2v) is 7.43. The van der Waals surface area contributed by atoms with E-state index in [-0.39, 0.29) is 4.75 Å². The van der Waals surface area contributed by atoms with Crippen LogP contribution in [0.15, 0.2) is 28.7 Å². The van der Waals surface area contributed by atoms with Crippen LogP contribution < -0.4 is 0 Å². The summed E-state index contributed by atoms with van der Waals surface area (Å²) in [4.78, 5) is 0. The lowest BCUT2D eigenvalue weighted by Gasteiger charge is -2.13. The highest BCUT2D eigenvalue weighted by molar-refractivity contribution is 7.85. The van der Waals surface area contributed by atoms with Crippen LogP contribution in [0, 0.1) is 0 Å². The molecule has 0 bridgehead atoms. The maximum absolute atomic E-state index is 11.8. The summed E-state index contributed by atoms with van der Waals surface area (Å²) in [5.41, 5.74) is 2.47. The minimum atomic E-state index is -1.17. The molecule has 1 aliphatic carbocycles. The summed E-state index contributed by atoms with van der Waals surface area (Å²) in [6, 6.07) is 8.27. The van der Waals surface area contributed by atoms with Crippen LogP contribution >= 0.6 is 0 Å². The summed E-state index contributed by atoms with van der Waals surface area (Å²) in [6.07, 6.45) is 4.31. The van der Waals surface area contributed by atoms with Crippen molar-refractivity contribution in [1.82, 2.24) is 0 Å². The van der Waals surface area contributed by atoms with Gasteiger partial charge in [-0.3, -0.25) is 0 Å². The molecule has 2 nitrogen and oxygen atoms in total. The van der Waals surface area contributed by atoms with Crippen LogP contribution in [0.5, 0.6) is 0 Å². The predicted molar refractivity (Wildman–Crippen MR) is 73.9 cm³/mol. The van der Waals surface area contributed by atoms with Crippen LogP contribution in [-0.2, 0) is 11.0 Å². The summed E-state index contributed by atoms with van der Waals surface area (Å²) in [5, 5.41) is 0. The molecule has 1 saturated carbocycles. The molecule has 0 amide bonds. The van der Waals surface area contributed by atoms with Gasteiger partial charge in [0, 0.05) is 6.21 Å². The summed E-state index contributed by atoms with van der Waals surface area (Å²) < 4.78 is 15.7. The van der Waals surface area contributed by atoms with E-state index in [2.05, 4.69) is 22.6 Å². The Morgan fingerprint density at radius 3 is 2.53 bits per heavy atom. The molecule has 1 aromatic rings. The van der Waals surface area contributed by atoms with Crippen molar-refractivity contribution in [1.29, 1.82) is 0 Å². The molecular weight excluding hydrogens is 230 g/mol. The predicted octanol–water partition coefficient (Wildman–Crippen LogP) is 3.45. The van der Waals surface area contributed by atoms with Crippen LogP contribution in [0.1, 0.15) is 50.7 Å². The van der Waals surface area contributed by atoms with Crippen molar-refractivity contribution < 1.29 is 4.21 Å². The van der Waals surface area contributed by atoms with E-state index in [1.165, 1.54) is 18.4 Å². The number of nitrogens with zero attached hydrogens (tertiary/aromatic N) is 1. The lowest BCUT2D eigenvalue weighted by molar-refractivity contribution is 0.651. The first kappa shape index (κ1) is 12.5. The zero-order valence-electron chi connectivity index (χ0n) is 10.6. The van der Waals surface area contributed by atoms with Crippen LogP contribution in [0.3, 0.4) is 0 Å². The average molecular weight is 249 g/mol. The summed E-state index contributed by atoms with van der Waals surface area (Å²) in [6.45, 7) is 5.81.